The number of hydrogen-bond acceptors (Lipinski definition) is 4. The average Bonchev–Trinajstić information content (AvgIpc) is 3.35. The van der Waals surface area contributed by atoms with Crippen molar-refractivity contribution in [3.05, 3.63) is 122 Å². The number of rotatable bonds is 10. The lowest BCUT2D eigenvalue weighted by molar-refractivity contribution is 0.709. The van der Waals surface area contributed by atoms with Gasteiger partial charge in [0.15, 0.2) is 0 Å². The fourth-order valence-corrected chi connectivity index (χ4v) is 4.44. The molecule has 1 aliphatic heterocycles. The molecule has 4 rings (SSSR count). The van der Waals surface area contributed by atoms with Crippen LogP contribution in [0.3, 0.4) is 0 Å². The van der Waals surface area contributed by atoms with E-state index in [1.807, 2.05) is 11.0 Å². The van der Waals surface area contributed by atoms with E-state index in [0.717, 1.165) is 36.6 Å². The summed E-state index contributed by atoms with van der Waals surface area (Å²) in [5.41, 5.74) is 6.85. The summed E-state index contributed by atoms with van der Waals surface area (Å²) in [5, 5.41) is 7.14. The van der Waals surface area contributed by atoms with Crippen LogP contribution in [0.25, 0.3) is 6.08 Å². The van der Waals surface area contributed by atoms with E-state index in [1.54, 1.807) is 12.4 Å². The van der Waals surface area contributed by atoms with Crippen molar-refractivity contribution in [2.24, 2.45) is 5.10 Å². The van der Waals surface area contributed by atoms with Crippen molar-refractivity contribution in [2.45, 2.75) is 26.3 Å². The second-order valence-corrected chi connectivity index (χ2v) is 8.45. The number of para-hydroxylation sites is 1. The van der Waals surface area contributed by atoms with Crippen molar-refractivity contribution >= 4 is 28.8 Å². The number of anilines is 3. The minimum atomic E-state index is 0.136. The van der Waals surface area contributed by atoms with E-state index < -0.39 is 0 Å². The highest BCUT2D eigenvalue weighted by atomic mass is 15.5. The molecule has 0 bridgehead atoms. The van der Waals surface area contributed by atoms with Crippen molar-refractivity contribution in [3.8, 4) is 0 Å². The summed E-state index contributed by atoms with van der Waals surface area (Å²) >= 11 is 0. The molecular formula is C31H34N4. The van der Waals surface area contributed by atoms with E-state index in [-0.39, 0.29) is 6.04 Å². The van der Waals surface area contributed by atoms with Gasteiger partial charge in [-0.1, -0.05) is 61.7 Å². The fourth-order valence-electron chi connectivity index (χ4n) is 4.44. The van der Waals surface area contributed by atoms with Gasteiger partial charge in [0.1, 0.15) is 0 Å². The molecule has 0 saturated carbocycles. The quantitative estimate of drug-likeness (QED) is 0.309. The van der Waals surface area contributed by atoms with Gasteiger partial charge in [0, 0.05) is 43.3 Å². The van der Waals surface area contributed by atoms with Gasteiger partial charge >= 0.3 is 0 Å². The van der Waals surface area contributed by atoms with E-state index in [4.69, 9.17) is 5.10 Å². The van der Waals surface area contributed by atoms with E-state index in [9.17, 15) is 0 Å². The molecule has 1 aliphatic rings. The first-order valence-corrected chi connectivity index (χ1v) is 12.2. The predicted molar refractivity (Wildman–Crippen MR) is 152 cm³/mol. The van der Waals surface area contributed by atoms with Gasteiger partial charge in [0.05, 0.1) is 17.4 Å². The number of benzene rings is 3. The molecule has 0 N–H and O–H groups in total. The van der Waals surface area contributed by atoms with Gasteiger partial charge < -0.3 is 9.80 Å². The largest absolute Gasteiger partial charge is 0.372 e. The zero-order valence-electron chi connectivity index (χ0n) is 20.7. The van der Waals surface area contributed by atoms with Crippen LogP contribution < -0.4 is 14.8 Å². The van der Waals surface area contributed by atoms with Crippen molar-refractivity contribution in [2.75, 3.05) is 27.9 Å². The molecule has 3 aromatic carbocycles. The molecule has 3 aromatic rings. The van der Waals surface area contributed by atoms with Gasteiger partial charge in [0.25, 0.3) is 0 Å². The number of nitrogens with zero attached hydrogens (tertiary/aromatic N) is 4. The molecule has 178 valence electrons. The number of hydrazone groups is 1. The van der Waals surface area contributed by atoms with Crippen LogP contribution in [0, 0.1) is 0 Å². The summed E-state index contributed by atoms with van der Waals surface area (Å²) in [6.45, 7) is 14.1. The van der Waals surface area contributed by atoms with E-state index in [1.165, 1.54) is 16.8 Å². The van der Waals surface area contributed by atoms with Crippen LogP contribution in [0.4, 0.5) is 17.1 Å². The van der Waals surface area contributed by atoms with Gasteiger partial charge in [-0.15, -0.1) is 0 Å². The molecular weight excluding hydrogens is 428 g/mol. The van der Waals surface area contributed by atoms with Gasteiger partial charge in [-0.25, -0.2) is 0 Å². The summed E-state index contributed by atoms with van der Waals surface area (Å²) in [7, 11) is 0. The third kappa shape index (κ3) is 5.55. The molecule has 1 unspecified atom stereocenters. The Morgan fingerprint density at radius 3 is 2.06 bits per heavy atom. The molecule has 1 heterocycles. The molecule has 4 heteroatoms. The van der Waals surface area contributed by atoms with Gasteiger partial charge in [-0.05, 0) is 67.4 Å². The highest BCUT2D eigenvalue weighted by Gasteiger charge is 2.28. The zero-order valence-corrected chi connectivity index (χ0v) is 20.7. The average molecular weight is 463 g/mol. The Morgan fingerprint density at radius 1 is 0.829 bits per heavy atom. The molecule has 0 amide bonds. The van der Waals surface area contributed by atoms with Crippen molar-refractivity contribution < 1.29 is 0 Å². The minimum Gasteiger partial charge on any atom is -0.372 e. The van der Waals surface area contributed by atoms with E-state index in [2.05, 4.69) is 122 Å². The maximum absolute atomic E-state index is 5.01. The smallest absolute Gasteiger partial charge is 0.0831 e. The summed E-state index contributed by atoms with van der Waals surface area (Å²) in [4.78, 5) is 4.26. The van der Waals surface area contributed by atoms with Crippen LogP contribution >= 0.6 is 0 Å². The molecule has 35 heavy (non-hydrogen) atoms. The first-order chi connectivity index (χ1) is 17.2. The second kappa shape index (κ2) is 11.4. The molecule has 1 atom stereocenters. The fraction of sp³-hybridized carbons (Fsp3) is 0.194. The molecule has 0 aromatic heterocycles. The predicted octanol–water partition coefficient (Wildman–Crippen LogP) is 7.65. The minimum absolute atomic E-state index is 0.136. The molecule has 4 nitrogen and oxygen atoms in total. The lowest BCUT2D eigenvalue weighted by atomic mass is 10.0. The SMILES string of the molecule is C=CN(C=C)c1ccc(C2CC(C=Cc3ccc(N(CC)CC)cc3)=NN2c2ccccc2)cc1. The first-order valence-electron chi connectivity index (χ1n) is 12.2. The van der Waals surface area contributed by atoms with Crippen LogP contribution in [0.5, 0.6) is 0 Å². The van der Waals surface area contributed by atoms with Crippen molar-refractivity contribution in [1.29, 1.82) is 0 Å². The molecule has 0 spiro atoms. The van der Waals surface area contributed by atoms with Gasteiger partial charge in [-0.3, -0.25) is 5.01 Å². The Kier molecular flexibility index (Phi) is 7.84. The van der Waals surface area contributed by atoms with Crippen LogP contribution in [0.15, 0.2) is 116 Å². The molecule has 0 saturated heterocycles. The Labute approximate surface area is 209 Å². The summed E-state index contributed by atoms with van der Waals surface area (Å²) < 4.78 is 0. The van der Waals surface area contributed by atoms with Crippen LogP contribution in [0.1, 0.15) is 37.4 Å². The first kappa shape index (κ1) is 24.1. The lowest BCUT2D eigenvalue weighted by Crippen LogP contribution is -2.21. The summed E-state index contributed by atoms with van der Waals surface area (Å²) in [6.07, 6.45) is 8.66. The monoisotopic (exact) mass is 462 g/mol. The van der Waals surface area contributed by atoms with Gasteiger partial charge in [0.2, 0.25) is 0 Å². The van der Waals surface area contributed by atoms with Crippen molar-refractivity contribution in [3.63, 3.8) is 0 Å². The Bertz CT molecular complexity index is 1160. The topological polar surface area (TPSA) is 22.1 Å². The highest BCUT2D eigenvalue weighted by molar-refractivity contribution is 6.01. The maximum atomic E-state index is 5.01. The Hall–Kier alpha value is -4.05. The zero-order chi connectivity index (χ0) is 24.6. The maximum Gasteiger partial charge on any atom is 0.0831 e. The van der Waals surface area contributed by atoms with Crippen LogP contribution in [-0.2, 0) is 0 Å². The standard InChI is InChI=1S/C31H34N4/c1-5-33(6-2)28-20-15-25(16-21-28)14-19-27-24-31(35(32-27)30-12-10-9-11-13-30)26-17-22-29(23-18-26)34(7-3)8-4/h7-23,31H,3-6,24H2,1-2H3. The van der Waals surface area contributed by atoms with Crippen LogP contribution in [0.2, 0.25) is 0 Å². The lowest BCUT2D eigenvalue weighted by Gasteiger charge is -2.24. The van der Waals surface area contributed by atoms with Crippen LogP contribution in [-0.4, -0.2) is 18.8 Å². The van der Waals surface area contributed by atoms with E-state index in [0.29, 0.717) is 0 Å². The summed E-state index contributed by atoms with van der Waals surface area (Å²) in [6, 6.07) is 27.8. The molecule has 0 fully saturated rings. The summed E-state index contributed by atoms with van der Waals surface area (Å²) in [5.74, 6) is 0. The molecule has 0 radical (unpaired) electrons. The third-order valence-corrected chi connectivity index (χ3v) is 6.41. The highest BCUT2D eigenvalue weighted by Crippen LogP contribution is 2.36. The van der Waals surface area contributed by atoms with E-state index >= 15 is 0 Å². The number of allylic oxidation sites excluding steroid dienone is 1. The number of hydrogen-bond donors (Lipinski definition) is 0. The van der Waals surface area contributed by atoms with Crippen molar-refractivity contribution in [1.82, 2.24) is 0 Å². The van der Waals surface area contributed by atoms with Gasteiger partial charge in [-0.2, -0.15) is 5.10 Å². The molecule has 0 aliphatic carbocycles. The normalized spacial score (nSPS) is 15.2. The Balaban J connectivity index is 1.56. The Morgan fingerprint density at radius 2 is 1.46 bits per heavy atom. The second-order valence-electron chi connectivity index (χ2n) is 8.45. The third-order valence-electron chi connectivity index (χ3n) is 6.41.